The monoisotopic (exact) mass is 366 g/mol. The summed E-state index contributed by atoms with van der Waals surface area (Å²) in [6.07, 6.45) is 0.171. The van der Waals surface area contributed by atoms with Gasteiger partial charge in [0.05, 0.1) is 12.2 Å². The number of carboxylic acids is 1. The van der Waals surface area contributed by atoms with Crippen LogP contribution in [0.1, 0.15) is 48.4 Å². The molecule has 0 bridgehead atoms. The van der Waals surface area contributed by atoms with Crippen LogP contribution in [0.5, 0.6) is 0 Å². The zero-order valence-electron chi connectivity index (χ0n) is 14.7. The molecule has 1 heterocycles. The Bertz CT molecular complexity index is 833. The molecular formula is C17H20F2N4O3. The fourth-order valence-corrected chi connectivity index (χ4v) is 2.38. The Hall–Kier alpha value is -2.84. The van der Waals surface area contributed by atoms with Gasteiger partial charge < -0.3 is 10.4 Å². The minimum atomic E-state index is -0.948. The summed E-state index contributed by atoms with van der Waals surface area (Å²) in [4.78, 5) is 23.1. The molecule has 0 aliphatic rings. The number of hydrogen-bond donors (Lipinski definition) is 2. The molecule has 0 fully saturated rings. The molecule has 0 saturated heterocycles. The summed E-state index contributed by atoms with van der Waals surface area (Å²) in [5.74, 6) is -2.83. The zero-order valence-corrected chi connectivity index (χ0v) is 14.7. The quantitative estimate of drug-likeness (QED) is 0.784. The Morgan fingerprint density at radius 3 is 2.62 bits per heavy atom. The number of carbonyl (C=O) groups is 2. The summed E-state index contributed by atoms with van der Waals surface area (Å²) in [6, 6.07) is 3.23. The topological polar surface area (TPSA) is 97.1 Å². The molecule has 0 unspecified atom stereocenters. The van der Waals surface area contributed by atoms with Crippen molar-refractivity contribution in [3.63, 3.8) is 0 Å². The van der Waals surface area contributed by atoms with Crippen molar-refractivity contribution in [1.29, 1.82) is 0 Å². The zero-order chi connectivity index (χ0) is 19.5. The van der Waals surface area contributed by atoms with E-state index in [1.807, 2.05) is 0 Å². The number of aliphatic carboxylic acids is 1. The van der Waals surface area contributed by atoms with Gasteiger partial charge >= 0.3 is 5.97 Å². The second-order valence-corrected chi connectivity index (χ2v) is 6.65. The van der Waals surface area contributed by atoms with Gasteiger partial charge in [-0.3, -0.25) is 9.59 Å². The van der Waals surface area contributed by atoms with Gasteiger partial charge in [-0.1, -0.05) is 11.3 Å². The van der Waals surface area contributed by atoms with E-state index < -0.39 is 29.0 Å². The van der Waals surface area contributed by atoms with Crippen molar-refractivity contribution >= 4 is 11.9 Å². The third-order valence-corrected chi connectivity index (χ3v) is 3.95. The number of aromatic nitrogens is 3. The van der Waals surface area contributed by atoms with Crippen LogP contribution >= 0.6 is 0 Å². The molecule has 1 amide bonds. The first kappa shape index (κ1) is 19.5. The normalized spacial score (nSPS) is 11.4. The van der Waals surface area contributed by atoms with E-state index >= 15 is 0 Å². The summed E-state index contributed by atoms with van der Waals surface area (Å²) in [5, 5.41) is 19.2. The molecule has 2 rings (SSSR count). The third kappa shape index (κ3) is 4.84. The molecule has 0 aliphatic heterocycles. The molecular weight excluding hydrogens is 346 g/mol. The molecule has 0 saturated carbocycles. The maximum atomic E-state index is 13.8. The van der Waals surface area contributed by atoms with Crippen LogP contribution in [0.15, 0.2) is 18.2 Å². The number of carboxylic acid groups (broad SMARTS) is 1. The van der Waals surface area contributed by atoms with Gasteiger partial charge in [0.15, 0.2) is 5.69 Å². The lowest BCUT2D eigenvalue weighted by molar-refractivity contribution is -0.137. The molecule has 1 aromatic carbocycles. The summed E-state index contributed by atoms with van der Waals surface area (Å²) >= 11 is 0. The SMILES string of the molecule is Cc1c(C(=O)NC(C)(C)CCC(=O)O)nnn1Cc1ccc(F)cc1F. The number of hydrogen-bond acceptors (Lipinski definition) is 4. The Kier molecular flexibility index (Phi) is 5.69. The van der Waals surface area contributed by atoms with Gasteiger partial charge in [0, 0.05) is 23.6 Å². The summed E-state index contributed by atoms with van der Waals surface area (Å²) in [5.41, 5.74) is -0.0429. The van der Waals surface area contributed by atoms with Gasteiger partial charge in [-0.05, 0) is 33.3 Å². The van der Waals surface area contributed by atoms with E-state index in [0.717, 1.165) is 12.1 Å². The van der Waals surface area contributed by atoms with E-state index in [4.69, 9.17) is 5.11 Å². The average molecular weight is 366 g/mol. The van der Waals surface area contributed by atoms with E-state index in [2.05, 4.69) is 15.6 Å². The fraction of sp³-hybridized carbons (Fsp3) is 0.412. The number of halogens is 2. The Morgan fingerprint density at radius 2 is 2.00 bits per heavy atom. The van der Waals surface area contributed by atoms with E-state index in [0.29, 0.717) is 5.69 Å². The standard InChI is InChI=1S/C17H20F2N4O3/c1-10-15(16(26)20-17(2,3)7-6-14(24)25)21-22-23(10)9-11-4-5-12(18)8-13(11)19/h4-5,8H,6-7,9H2,1-3H3,(H,20,26)(H,24,25). The second kappa shape index (κ2) is 7.59. The lowest BCUT2D eigenvalue weighted by atomic mass is 9.98. The van der Waals surface area contributed by atoms with Crippen molar-refractivity contribution in [2.24, 2.45) is 0 Å². The smallest absolute Gasteiger partial charge is 0.303 e. The highest BCUT2D eigenvalue weighted by atomic mass is 19.1. The van der Waals surface area contributed by atoms with Crippen molar-refractivity contribution in [2.45, 2.75) is 45.7 Å². The van der Waals surface area contributed by atoms with Crippen molar-refractivity contribution in [2.75, 3.05) is 0 Å². The van der Waals surface area contributed by atoms with Gasteiger partial charge in [0.1, 0.15) is 11.6 Å². The molecule has 2 N–H and O–H groups in total. The molecule has 9 heteroatoms. The summed E-state index contributed by atoms with van der Waals surface area (Å²) in [7, 11) is 0. The Balaban J connectivity index is 2.12. The van der Waals surface area contributed by atoms with Gasteiger partial charge in [0.25, 0.3) is 5.91 Å². The van der Waals surface area contributed by atoms with Crippen LogP contribution in [0.3, 0.4) is 0 Å². The first-order valence-corrected chi connectivity index (χ1v) is 7.97. The van der Waals surface area contributed by atoms with Crippen LogP contribution < -0.4 is 5.32 Å². The Morgan fingerprint density at radius 1 is 1.31 bits per heavy atom. The molecule has 7 nitrogen and oxygen atoms in total. The minimum Gasteiger partial charge on any atom is -0.481 e. The highest BCUT2D eigenvalue weighted by molar-refractivity contribution is 5.93. The van der Waals surface area contributed by atoms with Gasteiger partial charge in [-0.25, -0.2) is 13.5 Å². The second-order valence-electron chi connectivity index (χ2n) is 6.65. The molecule has 1 aromatic heterocycles. The Labute approximate surface area is 149 Å². The van der Waals surface area contributed by atoms with Crippen molar-refractivity contribution in [3.8, 4) is 0 Å². The number of carbonyl (C=O) groups excluding carboxylic acids is 1. The third-order valence-electron chi connectivity index (χ3n) is 3.95. The largest absolute Gasteiger partial charge is 0.481 e. The van der Waals surface area contributed by atoms with Gasteiger partial charge in [0.2, 0.25) is 0 Å². The predicted molar refractivity (Wildman–Crippen MR) is 88.6 cm³/mol. The van der Waals surface area contributed by atoms with Crippen molar-refractivity contribution in [3.05, 3.63) is 46.8 Å². The highest BCUT2D eigenvalue weighted by Crippen LogP contribution is 2.15. The lowest BCUT2D eigenvalue weighted by Gasteiger charge is -2.25. The number of benzene rings is 1. The van der Waals surface area contributed by atoms with Crippen molar-refractivity contribution < 1.29 is 23.5 Å². The van der Waals surface area contributed by atoms with Crippen molar-refractivity contribution in [1.82, 2.24) is 20.3 Å². The van der Waals surface area contributed by atoms with Gasteiger partial charge in [-0.15, -0.1) is 5.10 Å². The minimum absolute atomic E-state index is 0.000629. The van der Waals surface area contributed by atoms with Crippen LogP contribution in [-0.2, 0) is 11.3 Å². The number of nitrogens with zero attached hydrogens (tertiary/aromatic N) is 3. The number of amides is 1. The van der Waals surface area contributed by atoms with E-state index in [1.165, 1.54) is 10.7 Å². The molecule has 2 aromatic rings. The van der Waals surface area contributed by atoms with E-state index in [1.54, 1.807) is 20.8 Å². The summed E-state index contributed by atoms with van der Waals surface area (Å²) < 4.78 is 28.1. The first-order valence-electron chi connectivity index (χ1n) is 7.97. The fourth-order valence-electron chi connectivity index (χ4n) is 2.38. The first-order chi connectivity index (χ1) is 12.1. The molecule has 0 radical (unpaired) electrons. The summed E-state index contributed by atoms with van der Waals surface area (Å²) in [6.45, 7) is 5.03. The molecule has 0 aliphatic carbocycles. The van der Waals surface area contributed by atoms with Crippen LogP contribution in [0.2, 0.25) is 0 Å². The highest BCUT2D eigenvalue weighted by Gasteiger charge is 2.25. The molecule has 26 heavy (non-hydrogen) atoms. The van der Waals surface area contributed by atoms with Crippen LogP contribution in [0.25, 0.3) is 0 Å². The number of nitrogens with one attached hydrogen (secondary N) is 1. The maximum absolute atomic E-state index is 13.8. The predicted octanol–water partition coefficient (Wildman–Crippen LogP) is 2.29. The molecule has 140 valence electrons. The van der Waals surface area contributed by atoms with E-state index in [-0.39, 0.29) is 30.6 Å². The maximum Gasteiger partial charge on any atom is 0.303 e. The van der Waals surface area contributed by atoms with Crippen LogP contribution in [0, 0.1) is 18.6 Å². The lowest BCUT2D eigenvalue weighted by Crippen LogP contribution is -2.44. The van der Waals surface area contributed by atoms with Crippen LogP contribution in [0.4, 0.5) is 8.78 Å². The average Bonchev–Trinajstić information content (AvgIpc) is 2.89. The number of rotatable bonds is 7. The van der Waals surface area contributed by atoms with E-state index in [9.17, 15) is 18.4 Å². The van der Waals surface area contributed by atoms with Gasteiger partial charge in [-0.2, -0.15) is 0 Å². The molecule has 0 atom stereocenters. The van der Waals surface area contributed by atoms with Crippen LogP contribution in [-0.4, -0.2) is 37.5 Å². The molecule has 0 spiro atoms.